The second kappa shape index (κ2) is 13.1. The number of rotatable bonds is 8. The van der Waals surface area contributed by atoms with Gasteiger partial charge in [-0.3, -0.25) is 4.79 Å². The number of nitrogens with zero attached hydrogens (tertiary/aromatic N) is 2. The second-order valence-corrected chi connectivity index (χ2v) is 10.7. The van der Waals surface area contributed by atoms with Crippen LogP contribution in [0.4, 0.5) is 9.18 Å². The highest BCUT2D eigenvalue weighted by Gasteiger charge is 2.27. The monoisotopic (exact) mass is 585 g/mol. The Morgan fingerprint density at radius 3 is 2.26 bits per heavy atom. The van der Waals surface area contributed by atoms with E-state index in [4.69, 9.17) is 14.2 Å². The molecule has 1 N–H and O–H groups in total. The lowest BCUT2D eigenvalue weighted by Gasteiger charge is -2.31. The largest absolute Gasteiger partial charge is 0.493 e. The molecule has 9 heteroatoms. The number of likely N-dealkylation sites (N-methyl/N-ethyl adjacent to an activating group) is 1. The number of hydrogen-bond donors (Lipinski definition) is 1. The van der Waals surface area contributed by atoms with Gasteiger partial charge in [0.25, 0.3) is 0 Å². The number of methoxy groups -OCH3 is 2. The van der Waals surface area contributed by atoms with Gasteiger partial charge in [0.2, 0.25) is 11.7 Å². The second-order valence-electron chi connectivity index (χ2n) is 10.7. The molecular formula is C34H36FN3O5. The van der Waals surface area contributed by atoms with Crippen LogP contribution in [0.3, 0.4) is 0 Å². The lowest BCUT2D eigenvalue weighted by molar-refractivity contribution is -0.120. The number of ether oxygens (including phenoxy) is 3. The number of carbonyl (C=O) groups excluding carboxylic acids is 2. The van der Waals surface area contributed by atoms with Crippen LogP contribution in [0.5, 0.6) is 17.2 Å². The van der Waals surface area contributed by atoms with Crippen LogP contribution in [0, 0.1) is 5.82 Å². The van der Waals surface area contributed by atoms with Crippen LogP contribution in [0.25, 0.3) is 17.2 Å². The van der Waals surface area contributed by atoms with Crippen LogP contribution in [0.15, 0.2) is 66.2 Å². The number of hydrogen-bond acceptors (Lipinski definition) is 6. The molecule has 0 aromatic heterocycles. The molecule has 1 aliphatic carbocycles. The Balaban J connectivity index is 1.42. The summed E-state index contributed by atoms with van der Waals surface area (Å²) in [6.45, 7) is 4.91. The minimum atomic E-state index is -0.458. The van der Waals surface area contributed by atoms with Gasteiger partial charge >= 0.3 is 6.09 Å². The van der Waals surface area contributed by atoms with Gasteiger partial charge in [-0.1, -0.05) is 36.4 Å². The van der Waals surface area contributed by atoms with E-state index in [0.717, 1.165) is 52.1 Å². The SMILES string of the molecule is COc1cc(C=C2C(C)=C(CNC(=O)Cc3ccccc3)c3cc(F)ccc32)cc(OC)c1OC(=O)N1CCN(C)CC1. The van der Waals surface area contributed by atoms with Gasteiger partial charge in [-0.25, -0.2) is 9.18 Å². The van der Waals surface area contributed by atoms with E-state index in [9.17, 15) is 14.0 Å². The summed E-state index contributed by atoms with van der Waals surface area (Å²) in [7, 11) is 5.03. The predicted octanol–water partition coefficient (Wildman–Crippen LogP) is 5.28. The summed E-state index contributed by atoms with van der Waals surface area (Å²) in [5.74, 6) is 0.440. The number of halogens is 1. The van der Waals surface area contributed by atoms with E-state index in [1.54, 1.807) is 23.1 Å². The molecule has 5 rings (SSSR count). The number of carbonyl (C=O) groups is 2. The number of piperazine rings is 1. The Morgan fingerprint density at radius 2 is 1.60 bits per heavy atom. The Hall–Kier alpha value is -4.63. The van der Waals surface area contributed by atoms with Crippen molar-refractivity contribution in [2.45, 2.75) is 13.3 Å². The molecule has 0 unspecified atom stereocenters. The van der Waals surface area contributed by atoms with Crippen molar-refractivity contribution in [1.29, 1.82) is 0 Å². The van der Waals surface area contributed by atoms with Gasteiger partial charge in [-0.2, -0.15) is 0 Å². The maximum atomic E-state index is 14.4. The first-order valence-corrected chi connectivity index (χ1v) is 14.2. The van der Waals surface area contributed by atoms with Gasteiger partial charge in [0.1, 0.15) is 5.82 Å². The minimum absolute atomic E-state index is 0.113. The van der Waals surface area contributed by atoms with Gasteiger partial charge in [-0.15, -0.1) is 0 Å². The summed E-state index contributed by atoms with van der Waals surface area (Å²) < 4.78 is 31.4. The number of fused-ring (bicyclic) bond motifs is 1. The lowest BCUT2D eigenvalue weighted by Crippen LogP contribution is -2.48. The van der Waals surface area contributed by atoms with E-state index in [0.29, 0.717) is 24.6 Å². The first-order valence-electron chi connectivity index (χ1n) is 14.2. The molecule has 1 fully saturated rings. The van der Waals surface area contributed by atoms with Crippen molar-refractivity contribution in [2.24, 2.45) is 0 Å². The molecule has 0 atom stereocenters. The summed E-state index contributed by atoms with van der Waals surface area (Å²) in [6.07, 6.45) is 1.76. The minimum Gasteiger partial charge on any atom is -0.493 e. The normalized spacial score (nSPS) is 15.8. The van der Waals surface area contributed by atoms with Crippen LogP contribution >= 0.6 is 0 Å². The Bertz CT molecular complexity index is 1550. The van der Waals surface area contributed by atoms with E-state index in [-0.39, 0.29) is 30.4 Å². The summed E-state index contributed by atoms with van der Waals surface area (Å²) in [5, 5.41) is 3.00. The van der Waals surface area contributed by atoms with Crippen molar-refractivity contribution < 1.29 is 28.2 Å². The maximum absolute atomic E-state index is 14.4. The summed E-state index contributed by atoms with van der Waals surface area (Å²) >= 11 is 0. The summed E-state index contributed by atoms with van der Waals surface area (Å²) in [6, 6.07) is 17.8. The van der Waals surface area contributed by atoms with Gasteiger partial charge in [0.05, 0.1) is 20.6 Å². The quantitative estimate of drug-likeness (QED) is 0.388. The molecule has 1 saturated heterocycles. The fraction of sp³-hybridized carbons (Fsp3) is 0.294. The van der Waals surface area contributed by atoms with E-state index in [2.05, 4.69) is 10.2 Å². The maximum Gasteiger partial charge on any atom is 0.415 e. The zero-order chi connectivity index (χ0) is 30.5. The Kier molecular flexibility index (Phi) is 9.11. The molecule has 0 radical (unpaired) electrons. The van der Waals surface area contributed by atoms with Crippen molar-refractivity contribution in [1.82, 2.24) is 15.1 Å². The first-order chi connectivity index (χ1) is 20.8. The van der Waals surface area contributed by atoms with Crippen molar-refractivity contribution in [3.8, 4) is 17.2 Å². The molecule has 0 bridgehead atoms. The van der Waals surface area contributed by atoms with Crippen LogP contribution < -0.4 is 19.5 Å². The zero-order valence-corrected chi connectivity index (χ0v) is 24.9. The molecule has 1 aliphatic heterocycles. The number of amides is 2. The average Bonchev–Trinajstić information content (AvgIpc) is 3.26. The fourth-order valence-electron chi connectivity index (χ4n) is 5.40. The predicted molar refractivity (Wildman–Crippen MR) is 165 cm³/mol. The highest BCUT2D eigenvalue weighted by atomic mass is 19.1. The van der Waals surface area contributed by atoms with Gasteiger partial charge in [0.15, 0.2) is 11.5 Å². The van der Waals surface area contributed by atoms with E-state index >= 15 is 0 Å². The fourth-order valence-corrected chi connectivity index (χ4v) is 5.40. The van der Waals surface area contributed by atoms with Crippen molar-refractivity contribution in [3.05, 3.63) is 94.3 Å². The molecule has 3 aromatic rings. The third-order valence-corrected chi connectivity index (χ3v) is 7.87. The molecule has 0 saturated carbocycles. The van der Waals surface area contributed by atoms with Crippen molar-refractivity contribution >= 4 is 29.2 Å². The zero-order valence-electron chi connectivity index (χ0n) is 24.9. The summed E-state index contributed by atoms with van der Waals surface area (Å²) in [4.78, 5) is 29.4. The highest BCUT2D eigenvalue weighted by molar-refractivity contribution is 6.06. The van der Waals surface area contributed by atoms with Gasteiger partial charge < -0.3 is 29.3 Å². The van der Waals surface area contributed by atoms with Gasteiger partial charge in [-0.05, 0) is 83.3 Å². The lowest BCUT2D eigenvalue weighted by atomic mass is 10.00. The Labute approximate surface area is 251 Å². The van der Waals surface area contributed by atoms with Crippen LogP contribution in [-0.4, -0.2) is 75.8 Å². The summed E-state index contributed by atoms with van der Waals surface area (Å²) in [5.41, 5.74) is 5.91. The highest BCUT2D eigenvalue weighted by Crippen LogP contribution is 2.44. The molecule has 3 aromatic carbocycles. The first kappa shape index (κ1) is 29.8. The molecule has 224 valence electrons. The van der Waals surface area contributed by atoms with E-state index in [1.807, 2.05) is 50.4 Å². The Morgan fingerprint density at radius 1 is 0.930 bits per heavy atom. The van der Waals surface area contributed by atoms with Gasteiger partial charge in [0, 0.05) is 32.7 Å². The van der Waals surface area contributed by atoms with Crippen molar-refractivity contribution in [3.63, 3.8) is 0 Å². The van der Waals surface area contributed by atoms with Crippen molar-refractivity contribution in [2.75, 3.05) is 54.0 Å². The number of benzene rings is 3. The van der Waals surface area contributed by atoms with Crippen LogP contribution in [0.2, 0.25) is 0 Å². The molecular weight excluding hydrogens is 549 g/mol. The number of allylic oxidation sites excluding steroid dienone is 2. The molecule has 8 nitrogen and oxygen atoms in total. The molecule has 2 aliphatic rings. The molecule has 0 spiro atoms. The smallest absolute Gasteiger partial charge is 0.415 e. The third-order valence-electron chi connectivity index (χ3n) is 7.87. The average molecular weight is 586 g/mol. The van der Waals surface area contributed by atoms with Crippen LogP contribution in [0.1, 0.15) is 29.2 Å². The van der Waals surface area contributed by atoms with E-state index < -0.39 is 6.09 Å². The molecule has 1 heterocycles. The number of nitrogens with one attached hydrogen (secondary N) is 1. The topological polar surface area (TPSA) is 80.3 Å². The van der Waals surface area contributed by atoms with Crippen LogP contribution in [-0.2, 0) is 11.2 Å². The molecule has 2 amide bonds. The standard InChI is InChI=1S/C34H36FN3O5/c1-22-27(26-11-10-25(35)20-28(26)29(22)21-36-32(39)19-23-8-6-5-7-9-23)16-24-17-30(41-3)33(31(18-24)42-4)43-34(40)38-14-12-37(2)13-15-38/h5-11,16-18,20H,12-15,19,21H2,1-4H3,(H,36,39). The molecule has 43 heavy (non-hydrogen) atoms. The van der Waals surface area contributed by atoms with E-state index in [1.165, 1.54) is 26.4 Å². The third kappa shape index (κ3) is 6.73.